The third kappa shape index (κ3) is 4.60. The first-order chi connectivity index (χ1) is 8.58. The molecule has 1 aliphatic rings. The van der Waals surface area contributed by atoms with Crippen molar-refractivity contribution < 1.29 is 9.90 Å². The van der Waals surface area contributed by atoms with Gasteiger partial charge in [-0.15, -0.1) is 0 Å². The molecular weight excluding hydrogens is 226 g/mol. The molecule has 0 aromatic rings. The molecule has 106 valence electrons. The van der Waals surface area contributed by atoms with Crippen molar-refractivity contribution in [1.82, 2.24) is 5.32 Å². The lowest BCUT2D eigenvalue weighted by Gasteiger charge is -2.24. The Morgan fingerprint density at radius 2 is 2.06 bits per heavy atom. The third-order valence-electron chi connectivity index (χ3n) is 4.52. The van der Waals surface area contributed by atoms with Gasteiger partial charge in [-0.25, -0.2) is 0 Å². The summed E-state index contributed by atoms with van der Waals surface area (Å²) in [5.74, 6) is 0.377. The second-order valence-corrected chi connectivity index (χ2v) is 5.90. The molecule has 0 heterocycles. The predicted molar refractivity (Wildman–Crippen MR) is 74.6 cm³/mol. The number of nitrogens with one attached hydrogen (secondary N) is 1. The van der Waals surface area contributed by atoms with Crippen LogP contribution in [0.15, 0.2) is 0 Å². The molecule has 0 radical (unpaired) electrons. The van der Waals surface area contributed by atoms with Crippen molar-refractivity contribution in [2.75, 3.05) is 6.54 Å². The molecule has 3 heteroatoms. The first-order valence-corrected chi connectivity index (χ1v) is 7.54. The first kappa shape index (κ1) is 15.5. The van der Waals surface area contributed by atoms with E-state index < -0.39 is 5.97 Å². The third-order valence-corrected chi connectivity index (χ3v) is 4.52. The van der Waals surface area contributed by atoms with Crippen molar-refractivity contribution >= 4 is 5.97 Å². The van der Waals surface area contributed by atoms with Crippen molar-refractivity contribution in [3.8, 4) is 0 Å². The van der Waals surface area contributed by atoms with Gasteiger partial charge in [-0.3, -0.25) is 4.79 Å². The topological polar surface area (TPSA) is 49.3 Å². The molecule has 3 nitrogen and oxygen atoms in total. The molecule has 4 atom stereocenters. The number of hydrogen-bond donors (Lipinski definition) is 2. The van der Waals surface area contributed by atoms with Crippen LogP contribution in [0, 0.1) is 17.8 Å². The highest BCUT2D eigenvalue weighted by molar-refractivity contribution is 5.70. The van der Waals surface area contributed by atoms with Gasteiger partial charge in [0.25, 0.3) is 0 Å². The zero-order valence-corrected chi connectivity index (χ0v) is 12.1. The van der Waals surface area contributed by atoms with E-state index in [9.17, 15) is 4.79 Å². The molecule has 1 aliphatic carbocycles. The van der Waals surface area contributed by atoms with E-state index in [2.05, 4.69) is 26.1 Å². The molecule has 1 saturated carbocycles. The van der Waals surface area contributed by atoms with Gasteiger partial charge in [-0.05, 0) is 44.1 Å². The highest BCUT2D eigenvalue weighted by Gasteiger charge is 2.32. The maximum Gasteiger partial charge on any atom is 0.306 e. The van der Waals surface area contributed by atoms with Gasteiger partial charge >= 0.3 is 5.97 Å². The number of rotatable bonds is 8. The fourth-order valence-corrected chi connectivity index (χ4v) is 2.97. The van der Waals surface area contributed by atoms with Gasteiger partial charge in [0, 0.05) is 6.04 Å². The summed E-state index contributed by atoms with van der Waals surface area (Å²) < 4.78 is 0. The van der Waals surface area contributed by atoms with E-state index in [1.165, 1.54) is 12.8 Å². The Balaban J connectivity index is 2.35. The SMILES string of the molecule is CCC(C)CC(CC)NCC1CCCC1C(=O)O. The molecule has 0 bridgehead atoms. The second-order valence-electron chi connectivity index (χ2n) is 5.90. The average Bonchev–Trinajstić information content (AvgIpc) is 2.82. The fourth-order valence-electron chi connectivity index (χ4n) is 2.97. The molecule has 0 aromatic heterocycles. The molecule has 18 heavy (non-hydrogen) atoms. The lowest BCUT2D eigenvalue weighted by Crippen LogP contribution is -2.36. The smallest absolute Gasteiger partial charge is 0.306 e. The van der Waals surface area contributed by atoms with E-state index in [-0.39, 0.29) is 5.92 Å². The average molecular weight is 255 g/mol. The summed E-state index contributed by atoms with van der Waals surface area (Å²) >= 11 is 0. The van der Waals surface area contributed by atoms with Gasteiger partial charge in [0.1, 0.15) is 0 Å². The van der Waals surface area contributed by atoms with Crippen molar-refractivity contribution in [2.45, 2.75) is 65.3 Å². The molecule has 1 rings (SSSR count). The number of hydrogen-bond acceptors (Lipinski definition) is 2. The summed E-state index contributed by atoms with van der Waals surface area (Å²) in [7, 11) is 0. The first-order valence-electron chi connectivity index (χ1n) is 7.54. The number of carbonyl (C=O) groups is 1. The van der Waals surface area contributed by atoms with Crippen LogP contribution in [0.1, 0.15) is 59.3 Å². The van der Waals surface area contributed by atoms with E-state index >= 15 is 0 Å². The zero-order chi connectivity index (χ0) is 13.5. The Morgan fingerprint density at radius 1 is 1.33 bits per heavy atom. The van der Waals surface area contributed by atoms with Crippen molar-refractivity contribution in [3.05, 3.63) is 0 Å². The summed E-state index contributed by atoms with van der Waals surface area (Å²) in [6.07, 6.45) is 6.57. The largest absolute Gasteiger partial charge is 0.481 e. The molecule has 0 amide bonds. The van der Waals surface area contributed by atoms with Gasteiger partial charge < -0.3 is 10.4 Å². The quantitative estimate of drug-likeness (QED) is 0.699. The molecule has 1 fully saturated rings. The van der Waals surface area contributed by atoms with Crippen LogP contribution >= 0.6 is 0 Å². The lowest BCUT2D eigenvalue weighted by molar-refractivity contribution is -0.142. The minimum Gasteiger partial charge on any atom is -0.481 e. The Labute approximate surface area is 111 Å². The van der Waals surface area contributed by atoms with E-state index in [1.54, 1.807) is 0 Å². The van der Waals surface area contributed by atoms with Crippen molar-refractivity contribution in [3.63, 3.8) is 0 Å². The Morgan fingerprint density at radius 3 is 2.61 bits per heavy atom. The maximum atomic E-state index is 11.1. The van der Waals surface area contributed by atoms with E-state index in [0.29, 0.717) is 12.0 Å². The van der Waals surface area contributed by atoms with Crippen LogP contribution < -0.4 is 5.32 Å². The van der Waals surface area contributed by atoms with Gasteiger partial charge in [0.15, 0.2) is 0 Å². The number of aliphatic carboxylic acids is 1. The molecule has 0 saturated heterocycles. The second kappa shape index (κ2) is 7.78. The van der Waals surface area contributed by atoms with Crippen LogP contribution in [0.2, 0.25) is 0 Å². The van der Waals surface area contributed by atoms with Gasteiger partial charge in [-0.1, -0.05) is 33.6 Å². The van der Waals surface area contributed by atoms with Gasteiger partial charge in [0.05, 0.1) is 5.92 Å². The number of carboxylic acids is 1. The predicted octanol–water partition coefficient (Wildman–Crippen LogP) is 3.29. The summed E-state index contributed by atoms with van der Waals surface area (Å²) in [6.45, 7) is 7.62. The van der Waals surface area contributed by atoms with Crippen LogP contribution in [0.4, 0.5) is 0 Å². The van der Waals surface area contributed by atoms with E-state index in [0.717, 1.165) is 38.1 Å². The summed E-state index contributed by atoms with van der Waals surface area (Å²) in [5.41, 5.74) is 0. The Hall–Kier alpha value is -0.570. The van der Waals surface area contributed by atoms with E-state index in [4.69, 9.17) is 5.11 Å². The molecule has 0 aromatic carbocycles. The lowest BCUT2D eigenvalue weighted by atomic mass is 9.94. The number of carboxylic acid groups (broad SMARTS) is 1. The van der Waals surface area contributed by atoms with Gasteiger partial charge in [0.2, 0.25) is 0 Å². The molecule has 4 unspecified atom stereocenters. The van der Waals surface area contributed by atoms with Crippen LogP contribution in [-0.4, -0.2) is 23.7 Å². The summed E-state index contributed by atoms with van der Waals surface area (Å²) in [6, 6.07) is 0.551. The summed E-state index contributed by atoms with van der Waals surface area (Å²) in [5, 5.41) is 12.8. The van der Waals surface area contributed by atoms with Crippen LogP contribution in [0.5, 0.6) is 0 Å². The fraction of sp³-hybridized carbons (Fsp3) is 0.933. The van der Waals surface area contributed by atoms with Crippen LogP contribution in [0.3, 0.4) is 0 Å². The van der Waals surface area contributed by atoms with Crippen LogP contribution in [-0.2, 0) is 4.79 Å². The Bertz CT molecular complexity index is 255. The van der Waals surface area contributed by atoms with Crippen LogP contribution in [0.25, 0.3) is 0 Å². The molecule has 0 aliphatic heterocycles. The minimum atomic E-state index is -0.603. The minimum absolute atomic E-state index is 0.112. The van der Waals surface area contributed by atoms with Crippen molar-refractivity contribution in [1.29, 1.82) is 0 Å². The normalized spacial score (nSPS) is 27.1. The molecule has 0 spiro atoms. The molecular formula is C15H29NO2. The standard InChI is InChI=1S/C15H29NO2/c1-4-11(3)9-13(5-2)16-10-12-7-6-8-14(12)15(17)18/h11-14,16H,4-10H2,1-3H3,(H,17,18). The zero-order valence-electron chi connectivity index (χ0n) is 12.1. The summed E-state index contributed by atoms with van der Waals surface area (Å²) in [4.78, 5) is 11.1. The highest BCUT2D eigenvalue weighted by Crippen LogP contribution is 2.31. The van der Waals surface area contributed by atoms with E-state index in [1.807, 2.05) is 0 Å². The van der Waals surface area contributed by atoms with Crippen molar-refractivity contribution in [2.24, 2.45) is 17.8 Å². The molecule has 2 N–H and O–H groups in total. The highest BCUT2D eigenvalue weighted by atomic mass is 16.4. The van der Waals surface area contributed by atoms with Gasteiger partial charge in [-0.2, -0.15) is 0 Å². The maximum absolute atomic E-state index is 11.1. The monoisotopic (exact) mass is 255 g/mol. The Kier molecular flexibility index (Phi) is 6.69.